The molecule has 2 aromatic rings. The second-order valence-electron chi connectivity index (χ2n) is 8.60. The first-order chi connectivity index (χ1) is 14.5. The Hall–Kier alpha value is -2.78. The molecule has 0 fully saturated rings. The van der Waals surface area contributed by atoms with Gasteiger partial charge in [-0.2, -0.15) is 0 Å². The van der Waals surface area contributed by atoms with Gasteiger partial charge in [0.1, 0.15) is 12.6 Å². The first-order valence-corrected chi connectivity index (χ1v) is 9.82. The van der Waals surface area contributed by atoms with Crippen LogP contribution in [0.3, 0.4) is 0 Å². The minimum atomic E-state index is -1.10. The monoisotopic (exact) mass is 431 g/mol. The molecule has 31 heavy (non-hydrogen) atoms. The van der Waals surface area contributed by atoms with Crippen LogP contribution < -0.4 is 10.8 Å². The summed E-state index contributed by atoms with van der Waals surface area (Å²) in [6.07, 6.45) is 0. The van der Waals surface area contributed by atoms with Crippen LogP contribution in [-0.4, -0.2) is 30.1 Å². The van der Waals surface area contributed by atoms with E-state index in [-0.39, 0.29) is 18.8 Å². The van der Waals surface area contributed by atoms with Gasteiger partial charge in [-0.25, -0.2) is 13.6 Å². The van der Waals surface area contributed by atoms with E-state index in [1.54, 1.807) is 39.8 Å². The summed E-state index contributed by atoms with van der Waals surface area (Å²) >= 11 is 0. The zero-order valence-electron chi connectivity index (χ0n) is 17.8. The SMILES string of the molecule is Cc1c(C(=O)N[C@H](C(=O)OCc2ccc(F)c(F)c2)C(C)(C)C)ccc2c1B(O)OC2. The van der Waals surface area contributed by atoms with Crippen LogP contribution >= 0.6 is 0 Å². The van der Waals surface area contributed by atoms with Crippen molar-refractivity contribution in [3.63, 3.8) is 0 Å². The molecule has 0 unspecified atom stereocenters. The summed E-state index contributed by atoms with van der Waals surface area (Å²) in [5, 5.41) is 12.7. The molecule has 0 spiro atoms. The summed E-state index contributed by atoms with van der Waals surface area (Å²) in [5.74, 6) is -3.22. The van der Waals surface area contributed by atoms with E-state index in [2.05, 4.69) is 5.32 Å². The molecule has 0 saturated heterocycles. The van der Waals surface area contributed by atoms with Crippen molar-refractivity contribution in [1.82, 2.24) is 5.32 Å². The Morgan fingerprint density at radius 2 is 1.94 bits per heavy atom. The highest BCUT2D eigenvalue weighted by Crippen LogP contribution is 2.23. The molecule has 1 amide bonds. The fraction of sp³-hybridized carbons (Fsp3) is 0.364. The molecule has 164 valence electrons. The minimum absolute atomic E-state index is 0.264. The van der Waals surface area contributed by atoms with Crippen LogP contribution in [0.2, 0.25) is 0 Å². The van der Waals surface area contributed by atoms with Gasteiger partial charge in [-0.15, -0.1) is 0 Å². The van der Waals surface area contributed by atoms with Gasteiger partial charge in [0.2, 0.25) is 0 Å². The van der Waals surface area contributed by atoms with Crippen molar-refractivity contribution in [2.24, 2.45) is 5.41 Å². The number of hydrogen-bond acceptors (Lipinski definition) is 5. The van der Waals surface area contributed by atoms with Crippen molar-refractivity contribution in [3.8, 4) is 0 Å². The third-order valence-corrected chi connectivity index (χ3v) is 5.24. The summed E-state index contributed by atoms with van der Waals surface area (Å²) in [6, 6.07) is 5.56. The molecule has 0 aromatic heterocycles. The van der Waals surface area contributed by atoms with Gasteiger partial charge in [0, 0.05) is 5.56 Å². The first kappa shape index (κ1) is 22.9. The molecule has 1 aliphatic rings. The van der Waals surface area contributed by atoms with Gasteiger partial charge in [-0.3, -0.25) is 4.79 Å². The standard InChI is InChI=1S/C22H24BF2NO5/c1-12-15(7-6-14-11-31-23(29)18(12)14)20(27)26-19(22(2,3)4)21(28)30-10-13-5-8-16(24)17(25)9-13/h5-9,19,29H,10-11H2,1-4H3,(H,26,27)/t19-/m1/s1. The van der Waals surface area contributed by atoms with Gasteiger partial charge in [0.05, 0.1) is 6.61 Å². The van der Waals surface area contributed by atoms with Gasteiger partial charge >= 0.3 is 13.1 Å². The molecule has 3 rings (SSSR count). The van der Waals surface area contributed by atoms with E-state index in [0.717, 1.165) is 17.7 Å². The van der Waals surface area contributed by atoms with Crippen molar-refractivity contribution >= 4 is 24.5 Å². The number of hydrogen-bond donors (Lipinski definition) is 2. The molecule has 1 heterocycles. The Morgan fingerprint density at radius 3 is 2.58 bits per heavy atom. The van der Waals surface area contributed by atoms with Crippen molar-refractivity contribution in [2.75, 3.05) is 0 Å². The van der Waals surface area contributed by atoms with Gasteiger partial charge < -0.3 is 19.7 Å². The molecule has 0 aliphatic carbocycles. The van der Waals surface area contributed by atoms with Gasteiger partial charge in [0.15, 0.2) is 11.6 Å². The Labute approximate surface area is 179 Å². The summed E-state index contributed by atoms with van der Waals surface area (Å²) in [4.78, 5) is 25.7. The molecule has 1 aliphatic heterocycles. The Kier molecular flexibility index (Phi) is 6.47. The van der Waals surface area contributed by atoms with Gasteiger partial charge in [0.25, 0.3) is 5.91 Å². The number of rotatable bonds is 5. The van der Waals surface area contributed by atoms with E-state index in [0.29, 0.717) is 16.6 Å². The average molecular weight is 431 g/mol. The van der Waals surface area contributed by atoms with E-state index < -0.39 is 42.1 Å². The summed E-state index contributed by atoms with van der Waals surface area (Å²) in [6.45, 7) is 7.01. The fourth-order valence-electron chi connectivity index (χ4n) is 3.46. The molecule has 2 N–H and O–H groups in total. The zero-order valence-corrected chi connectivity index (χ0v) is 17.8. The average Bonchev–Trinajstić information content (AvgIpc) is 3.07. The topological polar surface area (TPSA) is 84.9 Å². The first-order valence-electron chi connectivity index (χ1n) is 9.82. The molecule has 2 aromatic carbocycles. The number of nitrogens with one attached hydrogen (secondary N) is 1. The maximum Gasteiger partial charge on any atom is 0.492 e. The number of esters is 1. The molecule has 0 saturated carbocycles. The second kappa shape index (κ2) is 8.76. The lowest BCUT2D eigenvalue weighted by Crippen LogP contribution is -2.50. The van der Waals surface area contributed by atoms with Gasteiger partial charge in [-0.1, -0.05) is 32.9 Å². The van der Waals surface area contributed by atoms with Crippen LogP contribution in [0.1, 0.15) is 47.8 Å². The number of fused-ring (bicyclic) bond motifs is 1. The number of amides is 1. The number of ether oxygens (including phenoxy) is 1. The number of halogens is 2. The third-order valence-electron chi connectivity index (χ3n) is 5.24. The van der Waals surface area contributed by atoms with Crippen LogP contribution in [0.15, 0.2) is 30.3 Å². The van der Waals surface area contributed by atoms with E-state index in [4.69, 9.17) is 9.39 Å². The Bertz CT molecular complexity index is 1020. The lowest BCUT2D eigenvalue weighted by Gasteiger charge is -2.30. The minimum Gasteiger partial charge on any atom is -0.459 e. The van der Waals surface area contributed by atoms with Crippen molar-refractivity contribution in [2.45, 2.75) is 47.0 Å². The molecular weight excluding hydrogens is 407 g/mol. The predicted octanol–water partition coefficient (Wildman–Crippen LogP) is 2.38. The van der Waals surface area contributed by atoms with E-state index in [1.807, 2.05) is 0 Å². The normalized spacial score (nSPS) is 14.2. The number of carbonyl (C=O) groups excluding carboxylic acids is 2. The number of benzene rings is 2. The highest BCUT2D eigenvalue weighted by Gasteiger charge is 2.36. The lowest BCUT2D eigenvalue weighted by atomic mass is 9.75. The van der Waals surface area contributed by atoms with Crippen LogP contribution in [0.5, 0.6) is 0 Å². The second-order valence-corrected chi connectivity index (χ2v) is 8.60. The van der Waals surface area contributed by atoms with E-state index >= 15 is 0 Å². The third kappa shape index (κ3) is 4.94. The fourth-order valence-corrected chi connectivity index (χ4v) is 3.46. The molecule has 6 nitrogen and oxygen atoms in total. The smallest absolute Gasteiger partial charge is 0.459 e. The highest BCUT2D eigenvalue weighted by atomic mass is 19.2. The highest BCUT2D eigenvalue weighted by molar-refractivity contribution is 6.62. The van der Waals surface area contributed by atoms with Crippen molar-refractivity contribution in [3.05, 3.63) is 64.2 Å². The molecule has 0 radical (unpaired) electrons. The summed E-state index contributed by atoms with van der Waals surface area (Å²) < 4.78 is 36.9. The lowest BCUT2D eigenvalue weighted by molar-refractivity contribution is -0.150. The molecule has 9 heteroatoms. The van der Waals surface area contributed by atoms with E-state index in [1.165, 1.54) is 6.07 Å². The molecular formula is C22H24BF2NO5. The van der Waals surface area contributed by atoms with Crippen molar-refractivity contribution in [1.29, 1.82) is 0 Å². The predicted molar refractivity (Wildman–Crippen MR) is 110 cm³/mol. The number of carbonyl (C=O) groups is 2. The maximum atomic E-state index is 13.4. The zero-order chi connectivity index (χ0) is 22.9. The quantitative estimate of drug-likeness (QED) is 0.561. The largest absolute Gasteiger partial charge is 0.492 e. The molecule has 1 atom stereocenters. The molecule has 0 bridgehead atoms. The Morgan fingerprint density at radius 1 is 1.23 bits per heavy atom. The van der Waals surface area contributed by atoms with Crippen LogP contribution in [0.25, 0.3) is 0 Å². The van der Waals surface area contributed by atoms with E-state index in [9.17, 15) is 23.4 Å². The van der Waals surface area contributed by atoms with Crippen LogP contribution in [0, 0.1) is 24.0 Å². The van der Waals surface area contributed by atoms with Gasteiger partial charge in [-0.05, 0) is 52.7 Å². The Balaban J connectivity index is 1.75. The maximum absolute atomic E-state index is 13.4. The summed E-state index contributed by atoms with van der Waals surface area (Å²) in [7, 11) is -1.10. The van der Waals surface area contributed by atoms with Crippen molar-refractivity contribution < 1.29 is 32.8 Å². The van der Waals surface area contributed by atoms with Crippen LogP contribution in [0.4, 0.5) is 8.78 Å². The van der Waals surface area contributed by atoms with Crippen LogP contribution in [-0.2, 0) is 27.4 Å². The summed E-state index contributed by atoms with van der Waals surface area (Å²) in [5.41, 5.74) is 1.85.